The van der Waals surface area contributed by atoms with Crippen LogP contribution in [0.5, 0.6) is 0 Å². The number of nitrogens with one attached hydrogen (secondary N) is 1. The molecule has 0 aromatic carbocycles. The lowest BCUT2D eigenvalue weighted by Gasteiger charge is -2.31. The molecule has 0 unspecified atom stereocenters. The van der Waals surface area contributed by atoms with Crippen molar-refractivity contribution < 1.29 is 0 Å². The van der Waals surface area contributed by atoms with Crippen LogP contribution >= 0.6 is 0 Å². The lowest BCUT2D eigenvalue weighted by atomic mass is 10.0. The fourth-order valence-electron chi connectivity index (χ4n) is 2.02. The summed E-state index contributed by atoms with van der Waals surface area (Å²) in [5.74, 6) is 1.54. The van der Waals surface area contributed by atoms with Crippen LogP contribution in [0.4, 0.5) is 11.8 Å². The molecular weight excluding hydrogens is 192 g/mol. The Bertz CT molecular complexity index is 401. The maximum absolute atomic E-state index is 11.2. The number of piperidine rings is 1. The fraction of sp³-hybridized carbons (Fsp3) is 0.600. The zero-order valence-electron chi connectivity index (χ0n) is 8.86. The fourth-order valence-corrected chi connectivity index (χ4v) is 2.02. The second-order valence-electron chi connectivity index (χ2n) is 4.18. The molecule has 1 aromatic rings. The van der Waals surface area contributed by atoms with E-state index in [-0.39, 0.29) is 11.5 Å². The van der Waals surface area contributed by atoms with Crippen LogP contribution in [-0.2, 0) is 0 Å². The van der Waals surface area contributed by atoms with Crippen LogP contribution in [0.2, 0.25) is 0 Å². The molecule has 0 bridgehead atoms. The highest BCUT2D eigenvalue weighted by atomic mass is 16.1. The Labute approximate surface area is 88.3 Å². The molecule has 0 radical (unpaired) electrons. The lowest BCUT2D eigenvalue weighted by molar-refractivity contribution is 0.444. The van der Waals surface area contributed by atoms with Crippen molar-refractivity contribution in [1.29, 1.82) is 0 Å². The summed E-state index contributed by atoms with van der Waals surface area (Å²) in [6.07, 6.45) is 2.39. The number of nitrogens with two attached hydrogens (primary N) is 1. The molecule has 82 valence electrons. The lowest BCUT2D eigenvalue weighted by Crippen LogP contribution is -2.35. The zero-order chi connectivity index (χ0) is 10.8. The van der Waals surface area contributed by atoms with E-state index in [0.29, 0.717) is 11.7 Å². The first-order valence-electron chi connectivity index (χ1n) is 5.27. The molecule has 2 heterocycles. The van der Waals surface area contributed by atoms with Crippen LogP contribution in [0.3, 0.4) is 0 Å². The van der Waals surface area contributed by atoms with Crippen molar-refractivity contribution in [2.24, 2.45) is 5.92 Å². The van der Waals surface area contributed by atoms with Crippen molar-refractivity contribution >= 4 is 11.8 Å². The topological polar surface area (TPSA) is 75.0 Å². The number of aromatic amines is 1. The van der Waals surface area contributed by atoms with Crippen molar-refractivity contribution in [2.45, 2.75) is 19.8 Å². The Balaban J connectivity index is 2.24. The van der Waals surface area contributed by atoms with Gasteiger partial charge in [0.2, 0.25) is 5.95 Å². The maximum Gasteiger partial charge on any atom is 0.254 e. The van der Waals surface area contributed by atoms with Crippen LogP contribution in [0.25, 0.3) is 0 Å². The predicted octanol–water partition coefficient (Wildman–Crippen LogP) is 0.588. The van der Waals surface area contributed by atoms with Gasteiger partial charge in [0.25, 0.3) is 5.56 Å². The Kier molecular flexibility index (Phi) is 2.62. The number of aromatic nitrogens is 2. The normalized spacial score (nSPS) is 21.7. The quantitative estimate of drug-likeness (QED) is 0.708. The monoisotopic (exact) mass is 208 g/mol. The van der Waals surface area contributed by atoms with Gasteiger partial charge in [-0.2, -0.15) is 4.98 Å². The highest BCUT2D eigenvalue weighted by Crippen LogP contribution is 2.20. The third-order valence-corrected chi connectivity index (χ3v) is 2.73. The molecule has 1 atom stereocenters. The molecule has 3 N–H and O–H groups in total. The molecule has 2 rings (SSSR count). The number of anilines is 2. The third kappa shape index (κ3) is 2.29. The van der Waals surface area contributed by atoms with Gasteiger partial charge in [0.1, 0.15) is 5.82 Å². The van der Waals surface area contributed by atoms with Gasteiger partial charge in [-0.1, -0.05) is 6.92 Å². The number of H-pyrrole nitrogens is 1. The number of hydrogen-bond donors (Lipinski definition) is 2. The Hall–Kier alpha value is -1.52. The predicted molar refractivity (Wildman–Crippen MR) is 59.9 cm³/mol. The van der Waals surface area contributed by atoms with Crippen molar-refractivity contribution in [2.75, 3.05) is 23.7 Å². The van der Waals surface area contributed by atoms with Gasteiger partial charge >= 0.3 is 0 Å². The summed E-state index contributed by atoms with van der Waals surface area (Å²) in [4.78, 5) is 19.9. The van der Waals surface area contributed by atoms with E-state index in [1.807, 2.05) is 0 Å². The number of rotatable bonds is 1. The minimum Gasteiger partial charge on any atom is -0.369 e. The third-order valence-electron chi connectivity index (χ3n) is 2.73. The van der Waals surface area contributed by atoms with Crippen LogP contribution in [0.15, 0.2) is 10.9 Å². The average Bonchev–Trinajstić information content (AvgIpc) is 2.16. The molecule has 5 nitrogen and oxygen atoms in total. The van der Waals surface area contributed by atoms with Crippen LogP contribution in [0.1, 0.15) is 19.8 Å². The summed E-state index contributed by atoms with van der Waals surface area (Å²) in [6.45, 7) is 4.12. The van der Waals surface area contributed by atoms with E-state index in [1.165, 1.54) is 12.5 Å². The van der Waals surface area contributed by atoms with E-state index < -0.39 is 0 Å². The molecular formula is C10H16N4O. The second kappa shape index (κ2) is 3.92. The largest absolute Gasteiger partial charge is 0.369 e. The van der Waals surface area contributed by atoms with E-state index in [2.05, 4.69) is 21.8 Å². The molecule has 5 heteroatoms. The molecule has 15 heavy (non-hydrogen) atoms. The average molecular weight is 208 g/mol. The van der Waals surface area contributed by atoms with Crippen molar-refractivity contribution in [3.05, 3.63) is 16.4 Å². The molecule has 1 fully saturated rings. The molecule has 0 amide bonds. The highest BCUT2D eigenvalue weighted by Gasteiger charge is 2.17. The van der Waals surface area contributed by atoms with E-state index in [4.69, 9.17) is 5.73 Å². The van der Waals surface area contributed by atoms with E-state index in [1.54, 1.807) is 0 Å². The first-order valence-corrected chi connectivity index (χ1v) is 5.27. The maximum atomic E-state index is 11.2. The first kappa shape index (κ1) is 10.0. The molecule has 1 aliphatic rings. The SMILES string of the molecule is C[C@H]1CCCN(c2cc(=O)[nH]c(N)n2)C1. The second-order valence-corrected chi connectivity index (χ2v) is 4.18. The summed E-state index contributed by atoms with van der Waals surface area (Å²) in [5, 5.41) is 0. The van der Waals surface area contributed by atoms with Crippen LogP contribution in [-0.4, -0.2) is 23.1 Å². The molecule has 0 aliphatic carbocycles. The molecule has 1 aromatic heterocycles. The smallest absolute Gasteiger partial charge is 0.254 e. The van der Waals surface area contributed by atoms with Gasteiger partial charge in [-0.3, -0.25) is 9.78 Å². The first-order chi connectivity index (χ1) is 7.15. The zero-order valence-corrected chi connectivity index (χ0v) is 8.86. The summed E-state index contributed by atoms with van der Waals surface area (Å²) in [5.41, 5.74) is 5.32. The summed E-state index contributed by atoms with van der Waals surface area (Å²) in [7, 11) is 0. The van der Waals surface area contributed by atoms with Crippen molar-refractivity contribution in [1.82, 2.24) is 9.97 Å². The van der Waals surface area contributed by atoms with Crippen molar-refractivity contribution in [3.8, 4) is 0 Å². The van der Waals surface area contributed by atoms with Gasteiger partial charge in [-0.25, -0.2) is 0 Å². The number of hydrogen-bond acceptors (Lipinski definition) is 4. The van der Waals surface area contributed by atoms with Gasteiger partial charge < -0.3 is 10.6 Å². The minimum absolute atomic E-state index is 0.185. The Morgan fingerprint density at radius 2 is 2.47 bits per heavy atom. The van der Waals surface area contributed by atoms with Crippen LogP contribution in [0, 0.1) is 5.92 Å². The summed E-state index contributed by atoms with van der Waals surface area (Å²) < 4.78 is 0. The Morgan fingerprint density at radius 1 is 1.67 bits per heavy atom. The number of nitrogen functional groups attached to an aromatic ring is 1. The van der Waals surface area contributed by atoms with E-state index >= 15 is 0 Å². The van der Waals surface area contributed by atoms with Gasteiger partial charge in [0.15, 0.2) is 0 Å². The minimum atomic E-state index is -0.185. The van der Waals surface area contributed by atoms with Crippen molar-refractivity contribution in [3.63, 3.8) is 0 Å². The highest BCUT2D eigenvalue weighted by molar-refractivity contribution is 5.41. The summed E-state index contributed by atoms with van der Waals surface area (Å²) in [6, 6.07) is 1.51. The molecule has 1 aliphatic heterocycles. The number of nitrogens with zero attached hydrogens (tertiary/aromatic N) is 2. The molecule has 0 spiro atoms. The van der Waals surface area contributed by atoms with Gasteiger partial charge in [-0.15, -0.1) is 0 Å². The van der Waals surface area contributed by atoms with Crippen LogP contribution < -0.4 is 16.2 Å². The van der Waals surface area contributed by atoms with Gasteiger partial charge in [0, 0.05) is 19.2 Å². The molecule has 0 saturated carbocycles. The van der Waals surface area contributed by atoms with Gasteiger partial charge in [-0.05, 0) is 18.8 Å². The summed E-state index contributed by atoms with van der Waals surface area (Å²) >= 11 is 0. The van der Waals surface area contributed by atoms with Gasteiger partial charge in [0.05, 0.1) is 0 Å². The van der Waals surface area contributed by atoms with E-state index in [9.17, 15) is 4.79 Å². The molecule has 1 saturated heterocycles. The van der Waals surface area contributed by atoms with E-state index in [0.717, 1.165) is 19.5 Å². The standard InChI is InChI=1S/C10H16N4O/c1-7-3-2-4-14(6-7)8-5-9(15)13-10(11)12-8/h5,7H,2-4,6H2,1H3,(H3,11,12,13,15)/t7-/m0/s1. The Morgan fingerprint density at radius 3 is 3.13 bits per heavy atom.